The number of nitrogens with two attached hydrogens (primary N) is 1. The molecule has 2 aromatic rings. The number of carbonyl (C=O) groups is 1. The summed E-state index contributed by atoms with van der Waals surface area (Å²) in [5, 5.41) is 14.5. The fourth-order valence-electron chi connectivity index (χ4n) is 1.61. The minimum Gasteiger partial charge on any atom is -0.290 e. The normalized spacial score (nSPS) is 10.3. The number of benzene rings is 1. The summed E-state index contributed by atoms with van der Waals surface area (Å²) in [4.78, 5) is 21.4. The number of nitro groups is 1. The minimum atomic E-state index is -0.507. The van der Waals surface area contributed by atoms with Gasteiger partial charge in [-0.2, -0.15) is 5.10 Å². The monoisotopic (exact) mass is 339 g/mol. The summed E-state index contributed by atoms with van der Waals surface area (Å²) in [6.45, 7) is 0.346. The van der Waals surface area contributed by atoms with Gasteiger partial charge in [0.1, 0.15) is 12.4 Å². The molecule has 20 heavy (non-hydrogen) atoms. The first-order valence-electron chi connectivity index (χ1n) is 5.47. The van der Waals surface area contributed by atoms with Crippen LogP contribution in [0.5, 0.6) is 0 Å². The molecule has 0 saturated heterocycles. The van der Waals surface area contributed by atoms with E-state index in [4.69, 9.17) is 5.84 Å². The zero-order chi connectivity index (χ0) is 14.7. The number of amides is 1. The number of halogens is 1. The van der Waals surface area contributed by atoms with Gasteiger partial charge in [-0.3, -0.25) is 25.0 Å². The number of hydrogen-bond donors (Lipinski definition) is 2. The average Bonchev–Trinajstić information content (AvgIpc) is 2.89. The number of aromatic nitrogens is 2. The summed E-state index contributed by atoms with van der Waals surface area (Å²) in [6.07, 6.45) is 2.52. The Bertz CT molecular complexity index is 670. The van der Waals surface area contributed by atoms with Gasteiger partial charge >= 0.3 is 5.69 Å². The van der Waals surface area contributed by atoms with Crippen molar-refractivity contribution in [3.63, 3.8) is 0 Å². The molecule has 9 heteroatoms. The second kappa shape index (κ2) is 5.80. The van der Waals surface area contributed by atoms with Gasteiger partial charge in [0.2, 0.25) is 0 Å². The molecular formula is C11H10BrN5O3. The lowest BCUT2D eigenvalue weighted by molar-refractivity contribution is -0.385. The molecule has 2 rings (SSSR count). The van der Waals surface area contributed by atoms with Gasteiger partial charge in [0.05, 0.1) is 11.5 Å². The highest BCUT2D eigenvalue weighted by atomic mass is 79.9. The zero-order valence-electron chi connectivity index (χ0n) is 10.1. The Balaban J connectivity index is 2.21. The largest absolute Gasteiger partial charge is 0.307 e. The first-order valence-corrected chi connectivity index (χ1v) is 6.27. The fourth-order valence-corrected chi connectivity index (χ4v) is 2.11. The Morgan fingerprint density at radius 3 is 2.85 bits per heavy atom. The maximum absolute atomic E-state index is 11.4. The smallest absolute Gasteiger partial charge is 0.290 e. The lowest BCUT2D eigenvalue weighted by Gasteiger charge is -2.06. The van der Waals surface area contributed by atoms with Gasteiger partial charge < -0.3 is 0 Å². The molecule has 0 fully saturated rings. The van der Waals surface area contributed by atoms with Gasteiger partial charge in [0, 0.05) is 10.0 Å². The van der Waals surface area contributed by atoms with E-state index in [1.165, 1.54) is 17.1 Å². The molecule has 0 aliphatic rings. The van der Waals surface area contributed by atoms with Gasteiger partial charge in [-0.25, -0.2) is 5.84 Å². The molecule has 104 valence electrons. The number of carbonyl (C=O) groups excluding carboxylic acids is 1. The maximum Gasteiger partial charge on any atom is 0.307 e. The number of hydrogen-bond acceptors (Lipinski definition) is 5. The molecule has 0 bridgehead atoms. The number of rotatable bonds is 4. The van der Waals surface area contributed by atoms with E-state index >= 15 is 0 Å². The van der Waals surface area contributed by atoms with E-state index in [1.807, 2.05) is 5.43 Å². The van der Waals surface area contributed by atoms with Crippen molar-refractivity contribution in [2.45, 2.75) is 6.54 Å². The van der Waals surface area contributed by atoms with Crippen molar-refractivity contribution >= 4 is 27.5 Å². The summed E-state index contributed by atoms with van der Waals surface area (Å²) < 4.78 is 2.14. The predicted octanol–water partition coefficient (Wildman–Crippen LogP) is 1.21. The Morgan fingerprint density at radius 1 is 1.55 bits per heavy atom. The molecular weight excluding hydrogens is 330 g/mol. The highest BCUT2D eigenvalue weighted by Crippen LogP contribution is 2.20. The Morgan fingerprint density at radius 2 is 2.30 bits per heavy atom. The van der Waals surface area contributed by atoms with E-state index in [2.05, 4.69) is 21.0 Å². The average molecular weight is 340 g/mol. The van der Waals surface area contributed by atoms with E-state index < -0.39 is 10.8 Å². The molecule has 0 aliphatic carbocycles. The SMILES string of the molecule is NNC(=O)c1ccc(Cn2cc([N+](=O)[O-])cn2)c(Br)c1. The van der Waals surface area contributed by atoms with Crippen LogP contribution in [0.2, 0.25) is 0 Å². The van der Waals surface area contributed by atoms with E-state index in [0.717, 1.165) is 5.56 Å². The summed E-state index contributed by atoms with van der Waals surface area (Å²) in [6, 6.07) is 4.96. The Labute approximate surface area is 121 Å². The lowest BCUT2D eigenvalue weighted by atomic mass is 10.1. The second-order valence-electron chi connectivity index (χ2n) is 3.93. The maximum atomic E-state index is 11.4. The molecule has 8 nitrogen and oxygen atoms in total. The summed E-state index contributed by atoms with van der Waals surface area (Å²) in [5.41, 5.74) is 3.21. The molecule has 1 aromatic carbocycles. The van der Waals surface area contributed by atoms with Crippen LogP contribution in [-0.2, 0) is 6.54 Å². The van der Waals surface area contributed by atoms with Crippen molar-refractivity contribution in [2.75, 3.05) is 0 Å². The van der Waals surface area contributed by atoms with Crippen LogP contribution in [-0.4, -0.2) is 20.6 Å². The molecule has 3 N–H and O–H groups in total. The molecule has 1 heterocycles. The minimum absolute atomic E-state index is 0.0692. The highest BCUT2D eigenvalue weighted by Gasteiger charge is 2.11. The molecule has 0 atom stereocenters. The van der Waals surface area contributed by atoms with E-state index in [-0.39, 0.29) is 5.69 Å². The van der Waals surface area contributed by atoms with Crippen LogP contribution in [0.15, 0.2) is 35.1 Å². The van der Waals surface area contributed by atoms with E-state index in [0.29, 0.717) is 16.6 Å². The van der Waals surface area contributed by atoms with Gasteiger partial charge in [-0.1, -0.05) is 22.0 Å². The lowest BCUT2D eigenvalue weighted by Crippen LogP contribution is -2.29. The second-order valence-corrected chi connectivity index (χ2v) is 4.79. The standard InChI is InChI=1S/C11H10BrN5O3/c12-10-3-7(11(18)15-13)1-2-8(10)5-16-6-9(4-14-16)17(19)20/h1-4,6H,5,13H2,(H,15,18). The van der Waals surface area contributed by atoms with Gasteiger partial charge in [-0.15, -0.1) is 0 Å². The molecule has 0 saturated carbocycles. The molecule has 1 aromatic heterocycles. The van der Waals surface area contributed by atoms with Crippen LogP contribution in [0.3, 0.4) is 0 Å². The summed E-state index contributed by atoms with van der Waals surface area (Å²) >= 11 is 3.34. The zero-order valence-corrected chi connectivity index (χ0v) is 11.7. The number of nitrogens with one attached hydrogen (secondary N) is 1. The van der Waals surface area contributed by atoms with Gasteiger partial charge in [0.25, 0.3) is 5.91 Å². The van der Waals surface area contributed by atoms with Crippen LogP contribution < -0.4 is 11.3 Å². The molecule has 0 radical (unpaired) electrons. The van der Waals surface area contributed by atoms with Gasteiger partial charge in [-0.05, 0) is 17.7 Å². The topological polar surface area (TPSA) is 116 Å². The quantitative estimate of drug-likeness (QED) is 0.376. The first kappa shape index (κ1) is 14.2. The molecule has 0 aliphatic heterocycles. The third-order valence-corrected chi connectivity index (χ3v) is 3.35. The third kappa shape index (κ3) is 3.00. The fraction of sp³-hybridized carbons (Fsp3) is 0.0909. The van der Waals surface area contributed by atoms with Crippen molar-refractivity contribution in [2.24, 2.45) is 5.84 Å². The first-order chi connectivity index (χ1) is 9.51. The molecule has 1 amide bonds. The van der Waals surface area contributed by atoms with Crippen LogP contribution in [0.25, 0.3) is 0 Å². The van der Waals surface area contributed by atoms with Gasteiger partial charge in [0.15, 0.2) is 0 Å². The molecule has 0 spiro atoms. The third-order valence-electron chi connectivity index (χ3n) is 2.61. The summed E-state index contributed by atoms with van der Waals surface area (Å²) in [7, 11) is 0. The van der Waals surface area contributed by atoms with Crippen LogP contribution >= 0.6 is 15.9 Å². The van der Waals surface area contributed by atoms with E-state index in [9.17, 15) is 14.9 Å². The predicted molar refractivity (Wildman–Crippen MR) is 73.8 cm³/mol. The molecule has 0 unspecified atom stereocenters. The van der Waals surface area contributed by atoms with Crippen LogP contribution in [0, 0.1) is 10.1 Å². The van der Waals surface area contributed by atoms with Crippen molar-refractivity contribution < 1.29 is 9.72 Å². The number of nitrogen functional groups attached to an aromatic ring is 1. The van der Waals surface area contributed by atoms with Crippen LogP contribution in [0.1, 0.15) is 15.9 Å². The van der Waals surface area contributed by atoms with Crippen molar-refractivity contribution in [1.82, 2.24) is 15.2 Å². The number of hydrazine groups is 1. The van der Waals surface area contributed by atoms with Crippen molar-refractivity contribution in [1.29, 1.82) is 0 Å². The van der Waals surface area contributed by atoms with E-state index in [1.54, 1.807) is 18.2 Å². The number of nitrogens with zero attached hydrogens (tertiary/aromatic N) is 3. The van der Waals surface area contributed by atoms with Crippen LogP contribution in [0.4, 0.5) is 5.69 Å². The Hall–Kier alpha value is -2.26. The summed E-state index contributed by atoms with van der Waals surface area (Å²) in [5.74, 6) is 4.66. The highest BCUT2D eigenvalue weighted by molar-refractivity contribution is 9.10. The van der Waals surface area contributed by atoms with Crippen molar-refractivity contribution in [3.05, 3.63) is 56.3 Å². The van der Waals surface area contributed by atoms with Crippen molar-refractivity contribution in [3.8, 4) is 0 Å². The Kier molecular flexibility index (Phi) is 4.11.